The lowest BCUT2D eigenvalue weighted by atomic mass is 10.1. The van der Waals surface area contributed by atoms with Crippen molar-refractivity contribution in [3.63, 3.8) is 0 Å². The lowest BCUT2D eigenvalue weighted by molar-refractivity contribution is 0.0746. The quantitative estimate of drug-likeness (QED) is 0.757. The van der Waals surface area contributed by atoms with Gasteiger partial charge in [0.1, 0.15) is 5.82 Å². The van der Waals surface area contributed by atoms with Crippen LogP contribution in [0.2, 0.25) is 0 Å². The molecule has 1 aromatic heterocycles. The third-order valence-electron chi connectivity index (χ3n) is 5.68. The second-order valence-corrected chi connectivity index (χ2v) is 8.38. The number of rotatable bonds is 5. The van der Waals surface area contributed by atoms with Gasteiger partial charge in [-0.25, -0.2) is 4.79 Å². The van der Waals surface area contributed by atoms with E-state index in [1.807, 2.05) is 61.8 Å². The Labute approximate surface area is 177 Å². The summed E-state index contributed by atoms with van der Waals surface area (Å²) in [6, 6.07) is 9.05. The van der Waals surface area contributed by atoms with E-state index < -0.39 is 0 Å². The fourth-order valence-electron chi connectivity index (χ4n) is 3.97. The van der Waals surface area contributed by atoms with Crippen molar-refractivity contribution in [2.45, 2.75) is 53.1 Å². The molecule has 1 aliphatic heterocycles. The molecule has 1 saturated heterocycles. The number of carbonyl (C=O) groups is 1. The highest BCUT2D eigenvalue weighted by molar-refractivity contribution is 5.94. The van der Waals surface area contributed by atoms with E-state index in [1.54, 1.807) is 10.6 Å². The second-order valence-electron chi connectivity index (χ2n) is 8.38. The van der Waals surface area contributed by atoms with Crippen LogP contribution in [0.1, 0.15) is 62.6 Å². The van der Waals surface area contributed by atoms with Crippen LogP contribution in [0, 0.1) is 0 Å². The molecule has 162 valence electrons. The zero-order valence-corrected chi connectivity index (χ0v) is 18.6. The zero-order chi connectivity index (χ0) is 22.0. The molecular weight excluding hydrogens is 380 g/mol. The van der Waals surface area contributed by atoms with Crippen molar-refractivity contribution in [2.75, 3.05) is 31.1 Å². The molecule has 1 fully saturated rings. The highest BCUT2D eigenvalue weighted by atomic mass is 16.2. The Hall–Kier alpha value is -2.83. The maximum absolute atomic E-state index is 13.0. The highest BCUT2D eigenvalue weighted by Crippen LogP contribution is 2.19. The molecule has 7 heteroatoms. The van der Waals surface area contributed by atoms with Crippen LogP contribution in [0.25, 0.3) is 0 Å². The van der Waals surface area contributed by atoms with E-state index in [1.165, 1.54) is 10.1 Å². The minimum atomic E-state index is -0.281. The van der Waals surface area contributed by atoms with Crippen LogP contribution in [-0.4, -0.2) is 46.1 Å². The van der Waals surface area contributed by atoms with E-state index >= 15 is 0 Å². The van der Waals surface area contributed by atoms with E-state index in [0.717, 1.165) is 6.42 Å². The van der Waals surface area contributed by atoms with Crippen molar-refractivity contribution in [3.8, 4) is 0 Å². The molecule has 0 saturated carbocycles. The van der Waals surface area contributed by atoms with Gasteiger partial charge in [0.2, 0.25) is 0 Å². The molecule has 7 nitrogen and oxygen atoms in total. The van der Waals surface area contributed by atoms with Crippen molar-refractivity contribution in [3.05, 3.63) is 62.3 Å². The predicted octanol–water partition coefficient (Wildman–Crippen LogP) is 2.70. The number of nitrogens with zero attached hydrogens (tertiary/aromatic N) is 4. The largest absolute Gasteiger partial charge is 0.354 e. The molecule has 0 bridgehead atoms. The number of hydrogen-bond donors (Lipinski definition) is 0. The summed E-state index contributed by atoms with van der Waals surface area (Å²) in [5.74, 6) is 0.657. The highest BCUT2D eigenvalue weighted by Gasteiger charge is 2.26. The molecule has 30 heavy (non-hydrogen) atoms. The van der Waals surface area contributed by atoms with Crippen LogP contribution in [0.4, 0.5) is 5.82 Å². The molecule has 0 atom stereocenters. The number of aromatic nitrogens is 2. The minimum Gasteiger partial charge on any atom is -0.354 e. The lowest BCUT2D eigenvalue weighted by Gasteiger charge is -2.37. The molecule has 2 aromatic rings. The lowest BCUT2D eigenvalue weighted by Crippen LogP contribution is -2.51. The molecule has 0 N–H and O–H groups in total. The molecule has 3 rings (SSSR count). The second kappa shape index (κ2) is 8.90. The summed E-state index contributed by atoms with van der Waals surface area (Å²) in [4.78, 5) is 42.3. The van der Waals surface area contributed by atoms with Crippen molar-refractivity contribution in [2.24, 2.45) is 0 Å². The average molecular weight is 413 g/mol. The first kappa shape index (κ1) is 21.9. The summed E-state index contributed by atoms with van der Waals surface area (Å²) >= 11 is 0. The molecule has 0 unspecified atom stereocenters. The van der Waals surface area contributed by atoms with Crippen LogP contribution in [0.3, 0.4) is 0 Å². The smallest absolute Gasteiger partial charge is 0.333 e. The fourth-order valence-corrected chi connectivity index (χ4v) is 3.97. The number of anilines is 1. The Morgan fingerprint density at radius 1 is 0.900 bits per heavy atom. The Kier molecular flexibility index (Phi) is 6.48. The molecule has 0 aliphatic carbocycles. The van der Waals surface area contributed by atoms with E-state index in [-0.39, 0.29) is 29.2 Å². The van der Waals surface area contributed by atoms with Gasteiger partial charge in [0.15, 0.2) is 0 Å². The first-order valence-corrected chi connectivity index (χ1v) is 10.8. The van der Waals surface area contributed by atoms with Gasteiger partial charge in [-0.2, -0.15) is 0 Å². The SMILES string of the molecule is CCc1ccc(C(=O)N2CCN(c3cc(=O)n(C(C)C)c(=O)n3C(C)C)CC2)cc1. The van der Waals surface area contributed by atoms with Gasteiger partial charge < -0.3 is 9.80 Å². The van der Waals surface area contributed by atoms with Gasteiger partial charge in [-0.1, -0.05) is 19.1 Å². The van der Waals surface area contributed by atoms with Gasteiger partial charge in [0.05, 0.1) is 0 Å². The number of carbonyl (C=O) groups excluding carboxylic acids is 1. The molecular formula is C23H32N4O3. The standard InChI is InChI=1S/C23H32N4O3/c1-6-18-7-9-19(10-8-18)22(29)25-13-11-24(12-14-25)20-15-21(28)27(17(4)5)23(30)26(20)16(2)3/h7-10,15-17H,6,11-14H2,1-5H3. The van der Waals surface area contributed by atoms with Gasteiger partial charge in [-0.15, -0.1) is 0 Å². The van der Waals surface area contributed by atoms with Gasteiger partial charge in [0.25, 0.3) is 11.5 Å². The average Bonchev–Trinajstić information content (AvgIpc) is 2.72. The number of benzene rings is 1. The maximum atomic E-state index is 13.0. The van der Waals surface area contributed by atoms with E-state index in [4.69, 9.17) is 0 Å². The topological polar surface area (TPSA) is 67.6 Å². The summed E-state index contributed by atoms with van der Waals surface area (Å²) in [5.41, 5.74) is 1.34. The van der Waals surface area contributed by atoms with Crippen LogP contribution in [0.15, 0.2) is 39.9 Å². The molecule has 0 radical (unpaired) electrons. The van der Waals surface area contributed by atoms with E-state index in [9.17, 15) is 14.4 Å². The van der Waals surface area contributed by atoms with Crippen molar-refractivity contribution >= 4 is 11.7 Å². The Bertz CT molecular complexity index is 1010. The molecule has 1 aromatic carbocycles. The molecule has 2 heterocycles. The van der Waals surface area contributed by atoms with Crippen LogP contribution in [0.5, 0.6) is 0 Å². The van der Waals surface area contributed by atoms with Crippen molar-refractivity contribution in [1.29, 1.82) is 0 Å². The van der Waals surface area contributed by atoms with Gasteiger partial charge in [-0.3, -0.25) is 18.7 Å². The van der Waals surface area contributed by atoms with E-state index in [0.29, 0.717) is 37.6 Å². The Morgan fingerprint density at radius 3 is 1.97 bits per heavy atom. The van der Waals surface area contributed by atoms with Crippen LogP contribution in [-0.2, 0) is 6.42 Å². The third-order valence-corrected chi connectivity index (χ3v) is 5.68. The number of aryl methyl sites for hydroxylation is 1. The normalized spacial score (nSPS) is 14.6. The molecule has 1 amide bonds. The monoisotopic (exact) mass is 412 g/mol. The van der Waals surface area contributed by atoms with Gasteiger partial charge >= 0.3 is 5.69 Å². The number of hydrogen-bond acceptors (Lipinski definition) is 4. The Morgan fingerprint density at radius 2 is 1.47 bits per heavy atom. The van der Waals surface area contributed by atoms with Crippen molar-refractivity contribution in [1.82, 2.24) is 14.0 Å². The van der Waals surface area contributed by atoms with Crippen LogP contribution >= 0.6 is 0 Å². The summed E-state index contributed by atoms with van der Waals surface area (Å²) in [7, 11) is 0. The Balaban J connectivity index is 1.81. The predicted molar refractivity (Wildman–Crippen MR) is 120 cm³/mol. The number of piperazine rings is 1. The summed E-state index contributed by atoms with van der Waals surface area (Å²) < 4.78 is 2.98. The summed E-state index contributed by atoms with van der Waals surface area (Å²) in [5, 5.41) is 0. The minimum absolute atomic E-state index is 0.0220. The third kappa shape index (κ3) is 4.20. The molecule has 1 aliphatic rings. The molecule has 0 spiro atoms. The summed E-state index contributed by atoms with van der Waals surface area (Å²) in [6.07, 6.45) is 0.945. The summed E-state index contributed by atoms with van der Waals surface area (Å²) in [6.45, 7) is 11.9. The van der Waals surface area contributed by atoms with Gasteiger partial charge in [-0.05, 0) is 51.8 Å². The van der Waals surface area contributed by atoms with Gasteiger partial charge in [0, 0.05) is 49.9 Å². The fraction of sp³-hybridized carbons (Fsp3) is 0.522. The van der Waals surface area contributed by atoms with Crippen molar-refractivity contribution < 1.29 is 4.79 Å². The maximum Gasteiger partial charge on any atom is 0.333 e. The zero-order valence-electron chi connectivity index (χ0n) is 18.6. The van der Waals surface area contributed by atoms with E-state index in [2.05, 4.69) is 6.92 Å². The van der Waals surface area contributed by atoms with Crippen LogP contribution < -0.4 is 16.1 Å². The first-order valence-electron chi connectivity index (χ1n) is 10.8. The first-order chi connectivity index (χ1) is 14.2. The number of amides is 1.